The Labute approximate surface area is 55.3 Å². The van der Waals surface area contributed by atoms with Gasteiger partial charge < -0.3 is 4.74 Å². The molecule has 1 nitrogen and oxygen atoms in total. The largest absolute Gasteiger partial charge is 0.483 e. The van der Waals surface area contributed by atoms with Crippen molar-refractivity contribution < 1.29 is 4.74 Å². The molecule has 0 bridgehead atoms. The Hall–Kier alpha value is -0.170. The first-order chi connectivity index (χ1) is 3.81. The summed E-state index contributed by atoms with van der Waals surface area (Å²) in [5, 5.41) is 0.509. The number of halogens is 1. The van der Waals surface area contributed by atoms with Crippen molar-refractivity contribution in [2.45, 2.75) is 20.3 Å². The molecule has 0 aromatic rings. The molecule has 0 spiro atoms. The van der Waals surface area contributed by atoms with Crippen molar-refractivity contribution in [3.8, 4) is 0 Å². The van der Waals surface area contributed by atoms with Crippen molar-refractivity contribution in [1.29, 1.82) is 0 Å². The molecule has 0 N–H and O–H groups in total. The van der Waals surface area contributed by atoms with E-state index < -0.39 is 0 Å². The van der Waals surface area contributed by atoms with Crippen LogP contribution in [0.25, 0.3) is 0 Å². The lowest BCUT2D eigenvalue weighted by atomic mass is 10.5. The summed E-state index contributed by atoms with van der Waals surface area (Å²) in [5.74, 6) is 0. The standard InChI is InChI=1S/C6H11ClO/c1-3-5-6(7)8-4-2/h5H,3-4H2,1-2H3/b6-5+. The topological polar surface area (TPSA) is 9.23 Å². The fourth-order valence-electron chi connectivity index (χ4n) is 0.357. The molecule has 0 atom stereocenters. The molecule has 0 rings (SSSR count). The van der Waals surface area contributed by atoms with Crippen LogP contribution >= 0.6 is 11.6 Å². The van der Waals surface area contributed by atoms with Crippen molar-refractivity contribution in [3.05, 3.63) is 11.3 Å². The van der Waals surface area contributed by atoms with Gasteiger partial charge in [0.2, 0.25) is 0 Å². The van der Waals surface area contributed by atoms with Crippen LogP contribution in [-0.2, 0) is 4.74 Å². The van der Waals surface area contributed by atoms with E-state index in [0.717, 1.165) is 6.42 Å². The normalized spacial score (nSPS) is 11.6. The number of hydrogen-bond donors (Lipinski definition) is 0. The van der Waals surface area contributed by atoms with Gasteiger partial charge in [0.15, 0.2) is 5.22 Å². The maximum Gasteiger partial charge on any atom is 0.182 e. The minimum absolute atomic E-state index is 0.509. The zero-order valence-electron chi connectivity index (χ0n) is 5.28. The predicted octanol–water partition coefficient (Wildman–Crippen LogP) is 2.51. The maximum atomic E-state index is 5.52. The first-order valence-electron chi connectivity index (χ1n) is 2.79. The molecule has 2 heteroatoms. The summed E-state index contributed by atoms with van der Waals surface area (Å²) in [6, 6.07) is 0. The average Bonchev–Trinajstić information content (AvgIpc) is 1.68. The molecule has 0 aliphatic heterocycles. The monoisotopic (exact) mass is 134 g/mol. The Bertz CT molecular complexity index is 78.6. The van der Waals surface area contributed by atoms with Gasteiger partial charge in [-0.3, -0.25) is 0 Å². The second-order valence-electron chi connectivity index (χ2n) is 1.35. The summed E-state index contributed by atoms with van der Waals surface area (Å²) in [6.45, 7) is 4.57. The Morgan fingerprint density at radius 1 is 1.62 bits per heavy atom. The van der Waals surface area contributed by atoms with Crippen molar-refractivity contribution in [1.82, 2.24) is 0 Å². The van der Waals surface area contributed by atoms with Gasteiger partial charge in [0, 0.05) is 0 Å². The molecule has 0 aromatic carbocycles. The Kier molecular flexibility index (Phi) is 4.87. The molecular weight excluding hydrogens is 124 g/mol. The average molecular weight is 135 g/mol. The van der Waals surface area contributed by atoms with Gasteiger partial charge in [0.05, 0.1) is 6.61 Å². The third-order valence-corrected chi connectivity index (χ3v) is 0.910. The quantitative estimate of drug-likeness (QED) is 0.539. The van der Waals surface area contributed by atoms with Crippen molar-refractivity contribution in [2.24, 2.45) is 0 Å². The maximum absolute atomic E-state index is 5.52. The molecule has 0 heterocycles. The zero-order chi connectivity index (χ0) is 6.41. The SMILES string of the molecule is CC/C=C(\Cl)OCC. The molecule has 0 aliphatic rings. The fourth-order valence-corrected chi connectivity index (χ4v) is 0.621. The number of hydrogen-bond acceptors (Lipinski definition) is 1. The van der Waals surface area contributed by atoms with Crippen molar-refractivity contribution >= 4 is 11.6 Å². The molecular formula is C6H11ClO. The van der Waals surface area contributed by atoms with Gasteiger partial charge in [0.1, 0.15) is 0 Å². The van der Waals surface area contributed by atoms with E-state index in [1.54, 1.807) is 0 Å². The lowest BCUT2D eigenvalue weighted by molar-refractivity contribution is 0.254. The van der Waals surface area contributed by atoms with Crippen LogP contribution in [-0.4, -0.2) is 6.61 Å². The molecule has 0 radical (unpaired) electrons. The second-order valence-corrected chi connectivity index (χ2v) is 1.72. The summed E-state index contributed by atoms with van der Waals surface area (Å²) in [4.78, 5) is 0. The van der Waals surface area contributed by atoms with E-state index in [-0.39, 0.29) is 0 Å². The summed E-state index contributed by atoms with van der Waals surface area (Å²) in [5.41, 5.74) is 0. The minimum atomic E-state index is 0.509. The van der Waals surface area contributed by atoms with Gasteiger partial charge in [-0.2, -0.15) is 0 Å². The van der Waals surface area contributed by atoms with Crippen LogP contribution < -0.4 is 0 Å². The fraction of sp³-hybridized carbons (Fsp3) is 0.667. The molecule has 0 fully saturated rings. The predicted molar refractivity (Wildman–Crippen MR) is 35.9 cm³/mol. The highest BCUT2D eigenvalue weighted by Crippen LogP contribution is 2.02. The summed E-state index contributed by atoms with van der Waals surface area (Å²) in [7, 11) is 0. The highest BCUT2D eigenvalue weighted by molar-refractivity contribution is 6.28. The molecule has 0 aromatic heterocycles. The van der Waals surface area contributed by atoms with Crippen LogP contribution in [0.5, 0.6) is 0 Å². The summed E-state index contributed by atoms with van der Waals surface area (Å²) >= 11 is 5.52. The van der Waals surface area contributed by atoms with E-state index in [2.05, 4.69) is 0 Å². The molecule has 0 unspecified atom stereocenters. The zero-order valence-corrected chi connectivity index (χ0v) is 6.03. The van der Waals surface area contributed by atoms with Crippen LogP contribution in [0.15, 0.2) is 11.3 Å². The molecule has 48 valence electrons. The van der Waals surface area contributed by atoms with E-state index in [0.29, 0.717) is 11.8 Å². The molecule has 0 saturated carbocycles. The lowest BCUT2D eigenvalue weighted by Gasteiger charge is -1.96. The smallest absolute Gasteiger partial charge is 0.182 e. The molecule has 0 aliphatic carbocycles. The van der Waals surface area contributed by atoms with Gasteiger partial charge in [-0.05, 0) is 31.0 Å². The third-order valence-electron chi connectivity index (χ3n) is 0.647. The van der Waals surface area contributed by atoms with Gasteiger partial charge in [-0.25, -0.2) is 0 Å². The summed E-state index contributed by atoms with van der Waals surface area (Å²) in [6.07, 6.45) is 2.77. The van der Waals surface area contributed by atoms with E-state index in [1.807, 2.05) is 19.9 Å². The molecule has 0 amide bonds. The highest BCUT2D eigenvalue weighted by Gasteiger charge is 1.84. The van der Waals surface area contributed by atoms with Crippen molar-refractivity contribution in [3.63, 3.8) is 0 Å². The van der Waals surface area contributed by atoms with Gasteiger partial charge in [-0.1, -0.05) is 6.92 Å². The third kappa shape index (κ3) is 4.00. The van der Waals surface area contributed by atoms with Gasteiger partial charge in [-0.15, -0.1) is 0 Å². The molecule has 0 saturated heterocycles. The number of rotatable bonds is 3. The van der Waals surface area contributed by atoms with Crippen LogP contribution in [0.4, 0.5) is 0 Å². The second kappa shape index (κ2) is 4.98. The van der Waals surface area contributed by atoms with Crippen LogP contribution in [0.2, 0.25) is 0 Å². The molecule has 8 heavy (non-hydrogen) atoms. The van der Waals surface area contributed by atoms with Crippen LogP contribution in [0, 0.1) is 0 Å². The minimum Gasteiger partial charge on any atom is -0.483 e. The van der Waals surface area contributed by atoms with Gasteiger partial charge in [0.25, 0.3) is 0 Å². The van der Waals surface area contributed by atoms with E-state index >= 15 is 0 Å². The lowest BCUT2D eigenvalue weighted by Crippen LogP contribution is -1.82. The first-order valence-corrected chi connectivity index (χ1v) is 3.17. The van der Waals surface area contributed by atoms with Crippen LogP contribution in [0.1, 0.15) is 20.3 Å². The number of allylic oxidation sites excluding steroid dienone is 1. The van der Waals surface area contributed by atoms with Gasteiger partial charge >= 0.3 is 0 Å². The Morgan fingerprint density at radius 2 is 2.25 bits per heavy atom. The highest BCUT2D eigenvalue weighted by atomic mass is 35.5. The van der Waals surface area contributed by atoms with E-state index in [9.17, 15) is 0 Å². The first kappa shape index (κ1) is 7.83. The van der Waals surface area contributed by atoms with E-state index in [4.69, 9.17) is 16.3 Å². The van der Waals surface area contributed by atoms with E-state index in [1.165, 1.54) is 0 Å². The Morgan fingerprint density at radius 3 is 2.62 bits per heavy atom. The van der Waals surface area contributed by atoms with Crippen molar-refractivity contribution in [2.75, 3.05) is 6.61 Å². The number of ether oxygens (including phenoxy) is 1. The summed E-state index contributed by atoms with van der Waals surface area (Å²) < 4.78 is 4.91. The Balaban J connectivity index is 3.29. The van der Waals surface area contributed by atoms with Crippen LogP contribution in [0.3, 0.4) is 0 Å².